The molecule has 0 saturated carbocycles. The number of aryl methyl sites for hydroxylation is 1. The molecule has 0 fully saturated rings. The molecular weight excluding hydrogens is 302 g/mol. The average Bonchev–Trinajstić information content (AvgIpc) is 2.62. The van der Waals surface area contributed by atoms with Crippen molar-refractivity contribution in [2.75, 3.05) is 13.2 Å². The number of hydrogen-bond acceptors (Lipinski definition) is 4. The molecule has 0 aliphatic carbocycles. The molecule has 0 atom stereocenters. The van der Waals surface area contributed by atoms with E-state index in [2.05, 4.69) is 16.4 Å². The summed E-state index contributed by atoms with van der Waals surface area (Å²) in [6, 6.07) is 13.2. The lowest BCUT2D eigenvalue weighted by Gasteiger charge is -2.09. The zero-order valence-electron chi connectivity index (χ0n) is 13.7. The molecule has 3 aromatic rings. The molecule has 0 spiro atoms. The Morgan fingerprint density at radius 1 is 1.21 bits per heavy atom. The maximum absolute atomic E-state index is 11.6. The van der Waals surface area contributed by atoms with Crippen molar-refractivity contribution < 1.29 is 4.74 Å². The second-order valence-corrected chi connectivity index (χ2v) is 5.69. The van der Waals surface area contributed by atoms with E-state index in [9.17, 15) is 4.79 Å². The Bertz CT molecular complexity index is 859. The largest absolute Gasteiger partial charge is 0.494 e. The van der Waals surface area contributed by atoms with Gasteiger partial charge in [-0.15, -0.1) is 0 Å². The van der Waals surface area contributed by atoms with Crippen LogP contribution in [0, 0.1) is 0 Å². The highest BCUT2D eigenvalue weighted by Crippen LogP contribution is 2.19. The fourth-order valence-corrected chi connectivity index (χ4v) is 2.58. The molecule has 1 N–H and O–H groups in total. The average molecular weight is 323 g/mol. The van der Waals surface area contributed by atoms with E-state index in [0.717, 1.165) is 36.2 Å². The summed E-state index contributed by atoms with van der Waals surface area (Å²) in [7, 11) is 1.78. The van der Waals surface area contributed by atoms with Gasteiger partial charge >= 0.3 is 0 Å². The molecule has 0 radical (unpaired) electrons. The number of benzene rings is 1. The first-order valence-electron chi connectivity index (χ1n) is 8.06. The van der Waals surface area contributed by atoms with Gasteiger partial charge in [0.15, 0.2) is 0 Å². The lowest BCUT2D eigenvalue weighted by molar-refractivity contribution is 0.308. The van der Waals surface area contributed by atoms with Crippen LogP contribution in [0.3, 0.4) is 0 Å². The van der Waals surface area contributed by atoms with Crippen LogP contribution in [0.15, 0.2) is 59.7 Å². The van der Waals surface area contributed by atoms with Crippen molar-refractivity contribution in [1.29, 1.82) is 0 Å². The third-order valence-corrected chi connectivity index (χ3v) is 3.91. The summed E-state index contributed by atoms with van der Waals surface area (Å²) in [5.41, 5.74) is 2.09. The zero-order valence-corrected chi connectivity index (χ0v) is 13.7. The minimum atomic E-state index is -0.00383. The molecule has 0 bridgehead atoms. The number of fused-ring (bicyclic) bond motifs is 1. The van der Waals surface area contributed by atoms with Crippen LogP contribution in [0.4, 0.5) is 0 Å². The van der Waals surface area contributed by atoms with E-state index in [4.69, 9.17) is 4.74 Å². The van der Waals surface area contributed by atoms with Crippen LogP contribution in [0.1, 0.15) is 12.0 Å². The third kappa shape index (κ3) is 4.00. The van der Waals surface area contributed by atoms with Gasteiger partial charge in [-0.2, -0.15) is 0 Å². The van der Waals surface area contributed by atoms with Crippen molar-refractivity contribution in [3.63, 3.8) is 0 Å². The van der Waals surface area contributed by atoms with E-state index in [1.807, 2.05) is 36.5 Å². The topological polar surface area (TPSA) is 56.1 Å². The number of hydrogen-bond donors (Lipinski definition) is 1. The van der Waals surface area contributed by atoms with Crippen LogP contribution >= 0.6 is 0 Å². The first kappa shape index (κ1) is 16.2. The van der Waals surface area contributed by atoms with Gasteiger partial charge in [0.2, 0.25) is 0 Å². The number of aromatic nitrogens is 2. The Labute approximate surface area is 140 Å². The second kappa shape index (κ2) is 7.75. The van der Waals surface area contributed by atoms with Crippen LogP contribution in [0.25, 0.3) is 10.9 Å². The van der Waals surface area contributed by atoms with Gasteiger partial charge in [0.05, 0.1) is 12.1 Å². The van der Waals surface area contributed by atoms with Gasteiger partial charge in [0, 0.05) is 37.4 Å². The van der Waals surface area contributed by atoms with Gasteiger partial charge < -0.3 is 14.6 Å². The smallest absolute Gasteiger partial charge is 0.250 e. The molecule has 0 amide bonds. The van der Waals surface area contributed by atoms with Crippen LogP contribution in [-0.4, -0.2) is 22.7 Å². The molecule has 0 unspecified atom stereocenters. The standard InChI is InChI=1S/C19H21N3O2/c1-22-18-7-6-17(12-16(18)5-8-19(22)23)24-11-3-10-21-14-15-4-2-9-20-13-15/h2,4-9,12-13,21H,3,10-11,14H2,1H3. The lowest BCUT2D eigenvalue weighted by Crippen LogP contribution is -2.17. The van der Waals surface area contributed by atoms with E-state index in [-0.39, 0.29) is 5.56 Å². The summed E-state index contributed by atoms with van der Waals surface area (Å²) in [4.78, 5) is 15.7. The van der Waals surface area contributed by atoms with Gasteiger partial charge in [-0.3, -0.25) is 9.78 Å². The predicted octanol–water partition coefficient (Wildman–Crippen LogP) is 2.49. The van der Waals surface area contributed by atoms with E-state index in [0.29, 0.717) is 6.61 Å². The predicted molar refractivity (Wildman–Crippen MR) is 95.2 cm³/mol. The van der Waals surface area contributed by atoms with Crippen LogP contribution in [-0.2, 0) is 13.6 Å². The van der Waals surface area contributed by atoms with Gasteiger partial charge in [-0.25, -0.2) is 0 Å². The number of ether oxygens (including phenoxy) is 1. The minimum Gasteiger partial charge on any atom is -0.494 e. The Balaban J connectivity index is 1.46. The SMILES string of the molecule is Cn1c(=O)ccc2cc(OCCCNCc3cccnc3)ccc21. The third-order valence-electron chi connectivity index (χ3n) is 3.91. The Kier molecular flexibility index (Phi) is 5.23. The maximum Gasteiger partial charge on any atom is 0.250 e. The molecule has 124 valence electrons. The molecule has 5 heteroatoms. The van der Waals surface area contributed by atoms with Crippen molar-refractivity contribution >= 4 is 10.9 Å². The second-order valence-electron chi connectivity index (χ2n) is 5.69. The number of pyridine rings is 2. The summed E-state index contributed by atoms with van der Waals surface area (Å²) in [6.07, 6.45) is 4.57. The zero-order chi connectivity index (χ0) is 16.8. The molecule has 2 heterocycles. The van der Waals surface area contributed by atoms with E-state index < -0.39 is 0 Å². The van der Waals surface area contributed by atoms with Crippen LogP contribution in [0.2, 0.25) is 0 Å². The van der Waals surface area contributed by atoms with Gasteiger partial charge in [0.25, 0.3) is 5.56 Å². The number of rotatable bonds is 7. The minimum absolute atomic E-state index is 0.00383. The Morgan fingerprint density at radius 3 is 2.96 bits per heavy atom. The molecule has 0 aliphatic heterocycles. The number of nitrogens with one attached hydrogen (secondary N) is 1. The monoisotopic (exact) mass is 323 g/mol. The van der Waals surface area contributed by atoms with E-state index in [1.165, 1.54) is 5.56 Å². The highest BCUT2D eigenvalue weighted by atomic mass is 16.5. The van der Waals surface area contributed by atoms with Gasteiger partial charge in [0.1, 0.15) is 5.75 Å². The summed E-state index contributed by atoms with van der Waals surface area (Å²) < 4.78 is 7.44. The van der Waals surface area contributed by atoms with Gasteiger partial charge in [-0.1, -0.05) is 6.07 Å². The molecular formula is C19H21N3O2. The van der Waals surface area contributed by atoms with Crippen molar-refractivity contribution in [2.24, 2.45) is 7.05 Å². The van der Waals surface area contributed by atoms with Crippen molar-refractivity contribution in [2.45, 2.75) is 13.0 Å². The first-order chi connectivity index (χ1) is 11.7. The Hall–Kier alpha value is -2.66. The van der Waals surface area contributed by atoms with E-state index in [1.54, 1.807) is 23.9 Å². The van der Waals surface area contributed by atoms with Gasteiger partial charge in [-0.05, 0) is 48.9 Å². The highest BCUT2D eigenvalue weighted by Gasteiger charge is 2.01. The summed E-state index contributed by atoms with van der Waals surface area (Å²) in [6.45, 7) is 2.35. The molecule has 1 aromatic carbocycles. The number of nitrogens with zero attached hydrogens (tertiary/aromatic N) is 2. The molecule has 0 aliphatic rings. The molecule has 0 saturated heterocycles. The summed E-state index contributed by atoms with van der Waals surface area (Å²) in [5, 5.41) is 4.38. The van der Waals surface area contributed by atoms with Crippen molar-refractivity contribution in [3.05, 3.63) is 70.8 Å². The maximum atomic E-state index is 11.6. The van der Waals surface area contributed by atoms with Crippen LogP contribution in [0.5, 0.6) is 5.75 Å². The quantitative estimate of drug-likeness (QED) is 0.679. The normalized spacial score (nSPS) is 10.9. The molecule has 3 rings (SSSR count). The molecule has 24 heavy (non-hydrogen) atoms. The summed E-state index contributed by atoms with van der Waals surface area (Å²) >= 11 is 0. The lowest BCUT2D eigenvalue weighted by atomic mass is 10.2. The van der Waals surface area contributed by atoms with Crippen LogP contribution < -0.4 is 15.6 Å². The van der Waals surface area contributed by atoms with Crippen molar-refractivity contribution in [3.8, 4) is 5.75 Å². The Morgan fingerprint density at radius 2 is 2.12 bits per heavy atom. The fraction of sp³-hybridized carbons (Fsp3) is 0.263. The molecule has 2 aromatic heterocycles. The fourth-order valence-electron chi connectivity index (χ4n) is 2.58. The van der Waals surface area contributed by atoms with E-state index >= 15 is 0 Å². The molecule has 5 nitrogen and oxygen atoms in total. The first-order valence-corrected chi connectivity index (χ1v) is 8.06. The summed E-state index contributed by atoms with van der Waals surface area (Å²) in [5.74, 6) is 0.827. The highest BCUT2D eigenvalue weighted by molar-refractivity contribution is 5.80. The van der Waals surface area contributed by atoms with Crippen molar-refractivity contribution in [1.82, 2.24) is 14.9 Å².